The molecule has 1 aromatic heterocycles. The van der Waals surface area contributed by atoms with Crippen LogP contribution in [0.4, 0.5) is 10.1 Å². The maximum Gasteiger partial charge on any atom is 0.180 e. The van der Waals surface area contributed by atoms with E-state index in [1.165, 1.54) is 6.07 Å². The monoisotopic (exact) mass is 389 g/mol. The molecule has 1 aliphatic heterocycles. The SMILES string of the molecule is Cc1cc(Oc2ccc(N3C(c4ccccc4)=CC(N)=NC3N)cc2F)ccn1. The number of anilines is 1. The van der Waals surface area contributed by atoms with Crippen LogP contribution in [0.2, 0.25) is 0 Å². The molecule has 2 heterocycles. The lowest BCUT2D eigenvalue weighted by molar-refractivity contribution is 0.441. The number of hydrogen-bond donors (Lipinski definition) is 2. The minimum Gasteiger partial charge on any atom is -0.454 e. The van der Waals surface area contributed by atoms with Crippen molar-refractivity contribution < 1.29 is 9.13 Å². The number of pyridine rings is 1. The quantitative estimate of drug-likeness (QED) is 0.709. The van der Waals surface area contributed by atoms with Crippen molar-refractivity contribution in [2.45, 2.75) is 13.2 Å². The van der Waals surface area contributed by atoms with Crippen molar-refractivity contribution in [3.05, 3.63) is 90.0 Å². The highest BCUT2D eigenvalue weighted by Gasteiger charge is 2.25. The van der Waals surface area contributed by atoms with Crippen LogP contribution in [0.1, 0.15) is 11.3 Å². The second kappa shape index (κ2) is 7.73. The molecule has 0 fully saturated rings. The Morgan fingerprint density at radius 2 is 1.86 bits per heavy atom. The second-order valence-electron chi connectivity index (χ2n) is 6.58. The van der Waals surface area contributed by atoms with Gasteiger partial charge in [-0.15, -0.1) is 0 Å². The number of hydrogen-bond acceptors (Lipinski definition) is 6. The number of halogens is 1. The predicted octanol–water partition coefficient (Wildman–Crippen LogP) is 3.78. The molecule has 29 heavy (non-hydrogen) atoms. The first kappa shape index (κ1) is 18.6. The van der Waals surface area contributed by atoms with Gasteiger partial charge in [-0.3, -0.25) is 10.7 Å². The van der Waals surface area contributed by atoms with E-state index in [0.717, 1.165) is 17.0 Å². The van der Waals surface area contributed by atoms with Gasteiger partial charge in [-0.1, -0.05) is 30.3 Å². The molecule has 1 atom stereocenters. The van der Waals surface area contributed by atoms with E-state index in [1.807, 2.05) is 37.3 Å². The van der Waals surface area contributed by atoms with Crippen LogP contribution >= 0.6 is 0 Å². The van der Waals surface area contributed by atoms with Crippen LogP contribution in [-0.4, -0.2) is 17.1 Å². The highest BCUT2D eigenvalue weighted by Crippen LogP contribution is 2.34. The number of aromatic nitrogens is 1. The van der Waals surface area contributed by atoms with Gasteiger partial charge in [0, 0.05) is 35.8 Å². The number of rotatable bonds is 4. The average Bonchev–Trinajstić information content (AvgIpc) is 2.70. The van der Waals surface area contributed by atoms with Gasteiger partial charge in [0.2, 0.25) is 0 Å². The van der Waals surface area contributed by atoms with Gasteiger partial charge in [-0.05, 0) is 30.7 Å². The molecule has 0 amide bonds. The zero-order chi connectivity index (χ0) is 20.4. The van der Waals surface area contributed by atoms with E-state index in [4.69, 9.17) is 16.2 Å². The molecule has 4 rings (SSSR count). The van der Waals surface area contributed by atoms with Gasteiger partial charge in [0.15, 0.2) is 17.9 Å². The van der Waals surface area contributed by atoms with E-state index < -0.39 is 12.1 Å². The Hall–Kier alpha value is -3.71. The average molecular weight is 389 g/mol. The fourth-order valence-corrected chi connectivity index (χ4v) is 3.16. The van der Waals surface area contributed by atoms with Gasteiger partial charge >= 0.3 is 0 Å². The highest BCUT2D eigenvalue weighted by atomic mass is 19.1. The minimum atomic E-state index is -0.774. The number of aryl methyl sites for hydroxylation is 1. The molecule has 0 bridgehead atoms. The number of benzene rings is 2. The van der Waals surface area contributed by atoms with Crippen LogP contribution in [0.25, 0.3) is 5.70 Å². The third kappa shape index (κ3) is 3.95. The van der Waals surface area contributed by atoms with Crippen LogP contribution in [0.3, 0.4) is 0 Å². The van der Waals surface area contributed by atoms with Crippen molar-refractivity contribution in [3.8, 4) is 11.5 Å². The smallest absolute Gasteiger partial charge is 0.180 e. The van der Waals surface area contributed by atoms with Gasteiger partial charge in [-0.25, -0.2) is 9.38 Å². The molecule has 146 valence electrons. The lowest BCUT2D eigenvalue weighted by Gasteiger charge is -2.33. The fraction of sp³-hybridized carbons (Fsp3) is 0.0909. The standard InChI is InChI=1S/C22H20FN5O/c1-14-11-17(9-10-26-14)29-20-8-7-16(12-18(20)23)28-19(13-21(24)27-22(28)25)15-5-3-2-4-6-15/h2-13,22H,25H2,1H3,(H2,24,27). The zero-order valence-corrected chi connectivity index (χ0v) is 15.8. The van der Waals surface area contributed by atoms with Crippen molar-refractivity contribution in [2.24, 2.45) is 16.5 Å². The molecule has 1 aliphatic rings. The summed E-state index contributed by atoms with van der Waals surface area (Å²) in [5, 5.41) is 0. The highest BCUT2D eigenvalue weighted by molar-refractivity contribution is 6.02. The van der Waals surface area contributed by atoms with E-state index >= 15 is 0 Å². The number of ether oxygens (including phenoxy) is 1. The molecule has 2 aromatic carbocycles. The van der Waals surface area contributed by atoms with Crippen molar-refractivity contribution >= 4 is 17.2 Å². The van der Waals surface area contributed by atoms with Gasteiger partial charge in [-0.2, -0.15) is 0 Å². The predicted molar refractivity (Wildman–Crippen MR) is 112 cm³/mol. The molecule has 0 radical (unpaired) electrons. The number of nitrogens with two attached hydrogens (primary N) is 2. The molecule has 0 spiro atoms. The summed E-state index contributed by atoms with van der Waals surface area (Å²) >= 11 is 0. The molecule has 7 heteroatoms. The van der Waals surface area contributed by atoms with E-state index in [9.17, 15) is 4.39 Å². The zero-order valence-electron chi connectivity index (χ0n) is 15.8. The molecular formula is C22H20FN5O. The minimum absolute atomic E-state index is 0.109. The Balaban J connectivity index is 1.68. The van der Waals surface area contributed by atoms with E-state index in [-0.39, 0.29) is 5.75 Å². The van der Waals surface area contributed by atoms with E-state index in [0.29, 0.717) is 17.3 Å². The molecule has 0 saturated heterocycles. The van der Waals surface area contributed by atoms with Gasteiger partial charge in [0.1, 0.15) is 11.6 Å². The van der Waals surface area contributed by atoms with Crippen LogP contribution in [0, 0.1) is 12.7 Å². The maximum atomic E-state index is 14.8. The van der Waals surface area contributed by atoms with Gasteiger partial charge in [0.25, 0.3) is 0 Å². The summed E-state index contributed by atoms with van der Waals surface area (Å²) < 4.78 is 20.5. The first-order valence-corrected chi connectivity index (χ1v) is 9.06. The molecule has 1 unspecified atom stereocenters. The summed E-state index contributed by atoms with van der Waals surface area (Å²) in [7, 11) is 0. The number of amidine groups is 1. The topological polar surface area (TPSA) is 89.8 Å². The van der Waals surface area contributed by atoms with Crippen molar-refractivity contribution in [3.63, 3.8) is 0 Å². The van der Waals surface area contributed by atoms with E-state index in [1.54, 1.807) is 41.4 Å². The summed E-state index contributed by atoms with van der Waals surface area (Å²) in [6, 6.07) is 17.7. The van der Waals surface area contributed by atoms with Gasteiger partial charge in [0.05, 0.1) is 5.70 Å². The number of nitrogens with zero attached hydrogens (tertiary/aromatic N) is 3. The Labute approximate surface area is 168 Å². The van der Waals surface area contributed by atoms with Gasteiger partial charge < -0.3 is 15.4 Å². The van der Waals surface area contributed by atoms with Crippen molar-refractivity contribution in [1.82, 2.24) is 4.98 Å². The third-order valence-corrected chi connectivity index (χ3v) is 4.45. The summed E-state index contributed by atoms with van der Waals surface area (Å²) in [6.07, 6.45) is 2.56. The third-order valence-electron chi connectivity index (χ3n) is 4.45. The first-order valence-electron chi connectivity index (χ1n) is 9.06. The van der Waals surface area contributed by atoms with Crippen molar-refractivity contribution in [1.29, 1.82) is 0 Å². The normalized spacial score (nSPS) is 16.2. The lowest BCUT2D eigenvalue weighted by Crippen LogP contribution is -2.43. The largest absolute Gasteiger partial charge is 0.454 e. The van der Waals surface area contributed by atoms with Crippen LogP contribution in [0.15, 0.2) is 77.9 Å². The Kier molecular flexibility index (Phi) is 4.97. The second-order valence-corrected chi connectivity index (χ2v) is 6.58. The fourth-order valence-electron chi connectivity index (χ4n) is 3.16. The van der Waals surface area contributed by atoms with E-state index in [2.05, 4.69) is 9.98 Å². The Bertz CT molecular complexity index is 1100. The molecule has 0 saturated carbocycles. The van der Waals surface area contributed by atoms with Crippen LogP contribution < -0.4 is 21.1 Å². The lowest BCUT2D eigenvalue weighted by atomic mass is 10.1. The summed E-state index contributed by atoms with van der Waals surface area (Å²) in [4.78, 5) is 10.0. The molecule has 0 aliphatic carbocycles. The van der Waals surface area contributed by atoms with Crippen LogP contribution in [-0.2, 0) is 0 Å². The Morgan fingerprint density at radius 1 is 1.07 bits per heavy atom. The molecule has 4 N–H and O–H groups in total. The Morgan fingerprint density at radius 3 is 2.59 bits per heavy atom. The van der Waals surface area contributed by atoms with Crippen LogP contribution in [0.5, 0.6) is 11.5 Å². The maximum absolute atomic E-state index is 14.8. The molecule has 3 aromatic rings. The summed E-state index contributed by atoms with van der Waals surface area (Å²) in [6.45, 7) is 1.84. The number of aliphatic imine (C=N–C) groups is 1. The molecular weight excluding hydrogens is 369 g/mol. The summed E-state index contributed by atoms with van der Waals surface area (Å²) in [5.74, 6) is 0.430. The first-order chi connectivity index (χ1) is 14.0. The summed E-state index contributed by atoms with van der Waals surface area (Å²) in [5.41, 5.74) is 15.1. The molecule has 6 nitrogen and oxygen atoms in total. The van der Waals surface area contributed by atoms with Crippen molar-refractivity contribution in [2.75, 3.05) is 4.90 Å².